The van der Waals surface area contributed by atoms with E-state index < -0.39 is 0 Å². The molecule has 6 nitrogen and oxygen atoms in total. The molecule has 0 spiro atoms. The van der Waals surface area contributed by atoms with Gasteiger partial charge in [0.05, 0.1) is 17.3 Å². The first-order valence-electron chi connectivity index (χ1n) is 6.49. The number of fused-ring (bicyclic) bond motifs is 5. The molecule has 1 aliphatic heterocycles. The molecule has 0 amide bonds. The number of thiol groups is 1. The molecule has 0 saturated heterocycles. The second-order valence-corrected chi connectivity index (χ2v) is 7.82. The van der Waals surface area contributed by atoms with Crippen LogP contribution >= 0.6 is 35.9 Å². The molecule has 0 N–H and O–H groups in total. The molecule has 3 aromatic rings. The Morgan fingerprint density at radius 2 is 2.29 bits per heavy atom. The number of thiophene rings is 1. The maximum atomic E-state index is 5.91. The van der Waals surface area contributed by atoms with E-state index in [1.807, 2.05) is 10.8 Å². The van der Waals surface area contributed by atoms with Crippen molar-refractivity contribution in [3.63, 3.8) is 0 Å². The van der Waals surface area contributed by atoms with Crippen LogP contribution in [-0.4, -0.2) is 31.4 Å². The lowest BCUT2D eigenvalue weighted by Gasteiger charge is -2.29. The van der Waals surface area contributed by atoms with Gasteiger partial charge in [0.1, 0.15) is 10.6 Å². The van der Waals surface area contributed by atoms with Gasteiger partial charge in [-0.2, -0.15) is 0 Å². The van der Waals surface area contributed by atoms with Crippen LogP contribution in [0.5, 0.6) is 0 Å². The molecule has 0 aliphatic carbocycles. The largest absolute Gasteiger partial charge is 0.370 e. The maximum absolute atomic E-state index is 5.91. The summed E-state index contributed by atoms with van der Waals surface area (Å²) in [6, 6.07) is 0. The van der Waals surface area contributed by atoms with Gasteiger partial charge in [0.2, 0.25) is 0 Å². The summed E-state index contributed by atoms with van der Waals surface area (Å²) in [5.41, 5.74) is 1.94. The summed E-state index contributed by atoms with van der Waals surface area (Å²) in [6.07, 6.45) is 2.85. The Kier molecular flexibility index (Phi) is 2.97. The van der Waals surface area contributed by atoms with Gasteiger partial charge in [-0.1, -0.05) is 16.3 Å². The quantitative estimate of drug-likeness (QED) is 0.317. The highest BCUT2D eigenvalue weighted by Crippen LogP contribution is 2.39. The number of ether oxygens (including phenoxy) is 1. The Labute approximate surface area is 135 Å². The third kappa shape index (κ3) is 1.98. The van der Waals surface area contributed by atoms with Crippen LogP contribution in [0.1, 0.15) is 24.3 Å². The van der Waals surface area contributed by atoms with E-state index in [1.165, 1.54) is 14.6 Å². The van der Waals surface area contributed by atoms with Crippen molar-refractivity contribution in [1.29, 1.82) is 0 Å². The number of rotatable bonds is 1. The van der Waals surface area contributed by atoms with Crippen LogP contribution in [0.4, 0.5) is 0 Å². The predicted octanol–water partition coefficient (Wildman–Crippen LogP) is 1.89. The SMILES string of the molecule is CSc1nc2sc3c(c2c2nnn(S)[n+]12)CC(C)(C)OC3. The van der Waals surface area contributed by atoms with Gasteiger partial charge in [-0.05, 0) is 29.9 Å². The van der Waals surface area contributed by atoms with Crippen molar-refractivity contribution < 1.29 is 9.25 Å². The van der Waals surface area contributed by atoms with Gasteiger partial charge in [-0.3, -0.25) is 0 Å². The second-order valence-electron chi connectivity index (χ2n) is 5.60. The van der Waals surface area contributed by atoms with E-state index in [4.69, 9.17) is 9.72 Å². The number of thioether (sulfide) groups is 1. The van der Waals surface area contributed by atoms with E-state index >= 15 is 0 Å². The number of tetrazole rings is 1. The Bertz CT molecular complexity index is 869. The van der Waals surface area contributed by atoms with Gasteiger partial charge in [0.25, 0.3) is 5.16 Å². The summed E-state index contributed by atoms with van der Waals surface area (Å²) in [5.74, 6) is 0. The number of nitrogens with zero attached hydrogens (tertiary/aromatic N) is 5. The van der Waals surface area contributed by atoms with Crippen molar-refractivity contribution in [2.45, 2.75) is 37.6 Å². The Morgan fingerprint density at radius 3 is 3.05 bits per heavy atom. The first-order valence-corrected chi connectivity index (χ1v) is 8.93. The minimum Gasteiger partial charge on any atom is -0.370 e. The summed E-state index contributed by atoms with van der Waals surface area (Å²) in [7, 11) is 0. The first-order chi connectivity index (χ1) is 10.00. The first kappa shape index (κ1) is 13.7. The highest BCUT2D eigenvalue weighted by Gasteiger charge is 2.33. The Hall–Kier alpha value is -0.900. The van der Waals surface area contributed by atoms with Crippen LogP contribution in [0, 0.1) is 0 Å². The Balaban J connectivity index is 2.12. The second kappa shape index (κ2) is 4.55. The maximum Gasteiger partial charge on any atom is 0.307 e. The molecule has 4 rings (SSSR count). The molecule has 4 heterocycles. The van der Waals surface area contributed by atoms with Crippen LogP contribution in [0.3, 0.4) is 0 Å². The minimum atomic E-state index is -0.160. The van der Waals surface area contributed by atoms with Gasteiger partial charge >= 0.3 is 5.65 Å². The molecule has 0 saturated carbocycles. The zero-order valence-electron chi connectivity index (χ0n) is 11.8. The molecular formula is C12H14N5OS3+. The molecule has 0 aromatic carbocycles. The molecule has 21 heavy (non-hydrogen) atoms. The average Bonchev–Trinajstić information content (AvgIpc) is 2.97. The van der Waals surface area contributed by atoms with Crippen LogP contribution in [0.2, 0.25) is 0 Å². The summed E-state index contributed by atoms with van der Waals surface area (Å²) in [6.45, 7) is 4.87. The van der Waals surface area contributed by atoms with Crippen LogP contribution in [0.15, 0.2) is 5.16 Å². The van der Waals surface area contributed by atoms with Crippen molar-refractivity contribution in [3.8, 4) is 0 Å². The summed E-state index contributed by atoms with van der Waals surface area (Å²) in [4.78, 5) is 6.99. The number of hydrogen-bond donors (Lipinski definition) is 1. The standard InChI is InChI=1S/C12H14N5OS3/c1-12(2)4-6-7(5-18-12)21-10-8(6)9-14-15-17(19)16(9)11(13-10)20-3/h4-5H2,1-3H3,(H,15,19)/q+1. The molecule has 9 heteroatoms. The van der Waals surface area contributed by atoms with E-state index in [0.29, 0.717) is 6.61 Å². The van der Waals surface area contributed by atoms with Crippen molar-refractivity contribution in [2.24, 2.45) is 0 Å². The molecule has 0 atom stereocenters. The summed E-state index contributed by atoms with van der Waals surface area (Å²) < 4.78 is 9.18. The lowest BCUT2D eigenvalue weighted by molar-refractivity contribution is -0.635. The summed E-state index contributed by atoms with van der Waals surface area (Å²) >= 11 is 7.57. The van der Waals surface area contributed by atoms with Crippen LogP contribution in [-0.2, 0) is 17.8 Å². The van der Waals surface area contributed by atoms with Crippen LogP contribution < -0.4 is 4.52 Å². The van der Waals surface area contributed by atoms with Crippen molar-refractivity contribution >= 4 is 51.8 Å². The van der Waals surface area contributed by atoms with Gasteiger partial charge < -0.3 is 4.74 Å². The zero-order valence-corrected chi connectivity index (χ0v) is 14.3. The molecule has 110 valence electrons. The molecule has 0 fully saturated rings. The Morgan fingerprint density at radius 1 is 1.48 bits per heavy atom. The average molecular weight is 340 g/mol. The van der Waals surface area contributed by atoms with E-state index in [0.717, 1.165) is 27.4 Å². The van der Waals surface area contributed by atoms with Gasteiger partial charge in [-0.25, -0.2) is 0 Å². The molecule has 0 unspecified atom stereocenters. The highest BCUT2D eigenvalue weighted by molar-refractivity contribution is 7.98. The lowest BCUT2D eigenvalue weighted by atomic mass is 9.94. The minimum absolute atomic E-state index is 0.160. The fourth-order valence-electron chi connectivity index (χ4n) is 2.69. The predicted molar refractivity (Wildman–Crippen MR) is 85.1 cm³/mol. The topological polar surface area (TPSA) is 56.9 Å². The number of hydrogen-bond acceptors (Lipinski definition) is 7. The molecule has 0 bridgehead atoms. The zero-order chi connectivity index (χ0) is 14.8. The van der Waals surface area contributed by atoms with E-state index in [-0.39, 0.29) is 5.60 Å². The van der Waals surface area contributed by atoms with Crippen molar-refractivity contribution in [2.75, 3.05) is 6.26 Å². The van der Waals surface area contributed by atoms with E-state index in [1.54, 1.807) is 23.1 Å². The van der Waals surface area contributed by atoms with Gasteiger partial charge in [0.15, 0.2) is 4.83 Å². The summed E-state index contributed by atoms with van der Waals surface area (Å²) in [5, 5.41) is 10.2. The fraction of sp³-hybridized carbons (Fsp3) is 0.500. The van der Waals surface area contributed by atoms with Crippen molar-refractivity contribution in [3.05, 3.63) is 10.4 Å². The molecular weight excluding hydrogens is 326 g/mol. The smallest absolute Gasteiger partial charge is 0.307 e. The van der Waals surface area contributed by atoms with Gasteiger partial charge in [-0.15, -0.1) is 16.3 Å². The third-order valence-electron chi connectivity index (χ3n) is 3.65. The molecule has 1 aliphatic rings. The fourth-order valence-corrected chi connectivity index (χ4v) is 4.63. The van der Waals surface area contributed by atoms with E-state index in [2.05, 4.69) is 37.0 Å². The third-order valence-corrected chi connectivity index (χ3v) is 5.64. The molecule has 3 aromatic heterocycles. The van der Waals surface area contributed by atoms with E-state index in [9.17, 15) is 0 Å². The van der Waals surface area contributed by atoms with Crippen LogP contribution in [0.25, 0.3) is 15.9 Å². The molecule has 0 radical (unpaired) electrons. The number of aromatic nitrogens is 5. The normalized spacial score (nSPS) is 17.5. The monoisotopic (exact) mass is 340 g/mol. The lowest BCUT2D eigenvalue weighted by Crippen LogP contribution is -2.34. The van der Waals surface area contributed by atoms with Crippen molar-refractivity contribution in [1.82, 2.24) is 19.5 Å². The highest BCUT2D eigenvalue weighted by atomic mass is 32.2. The van der Waals surface area contributed by atoms with Gasteiger partial charge in [0, 0.05) is 24.1 Å².